The maximum atomic E-state index is 6.42. The largest absolute Gasteiger partial charge is 0.122 e. The molecule has 0 spiro atoms. The predicted octanol–water partition coefficient (Wildman–Crippen LogP) is 5.22. The van der Waals surface area contributed by atoms with E-state index in [0.717, 1.165) is 18.3 Å². The molecule has 1 heteroatoms. The lowest BCUT2D eigenvalue weighted by atomic mass is 9.88. The van der Waals surface area contributed by atoms with Crippen LogP contribution in [0.3, 0.4) is 0 Å². The molecular formula is C16H23Cl. The van der Waals surface area contributed by atoms with Crippen LogP contribution in [0.25, 0.3) is 0 Å². The summed E-state index contributed by atoms with van der Waals surface area (Å²) in [6.07, 6.45) is 3.79. The monoisotopic (exact) mass is 250 g/mol. The third-order valence-electron chi connectivity index (χ3n) is 3.88. The van der Waals surface area contributed by atoms with E-state index in [1.165, 1.54) is 18.4 Å². The van der Waals surface area contributed by atoms with Gasteiger partial charge in [-0.25, -0.2) is 0 Å². The van der Waals surface area contributed by atoms with Crippen molar-refractivity contribution in [1.82, 2.24) is 0 Å². The highest BCUT2D eigenvalue weighted by Crippen LogP contribution is 2.50. The summed E-state index contributed by atoms with van der Waals surface area (Å²) in [5.74, 6) is 1.68. The number of halogens is 1. The van der Waals surface area contributed by atoms with Crippen molar-refractivity contribution in [2.75, 3.05) is 0 Å². The Morgan fingerprint density at radius 1 is 1.24 bits per heavy atom. The Bertz CT molecular complexity index is 350. The third kappa shape index (κ3) is 3.48. The molecule has 1 aromatic carbocycles. The average Bonchev–Trinajstić information content (AvgIpc) is 3.05. The van der Waals surface area contributed by atoms with Gasteiger partial charge in [0.1, 0.15) is 0 Å². The van der Waals surface area contributed by atoms with Crippen LogP contribution < -0.4 is 0 Å². The summed E-state index contributed by atoms with van der Waals surface area (Å²) in [6, 6.07) is 10.9. The summed E-state index contributed by atoms with van der Waals surface area (Å²) in [4.78, 5) is 0. The van der Waals surface area contributed by atoms with E-state index >= 15 is 0 Å². The van der Waals surface area contributed by atoms with Gasteiger partial charge < -0.3 is 0 Å². The van der Waals surface area contributed by atoms with Gasteiger partial charge in [0.15, 0.2) is 0 Å². The second-order valence-corrected chi connectivity index (χ2v) is 6.95. The molecular weight excluding hydrogens is 228 g/mol. The summed E-state index contributed by atoms with van der Waals surface area (Å²) in [6.45, 7) is 6.69. The van der Waals surface area contributed by atoms with Crippen molar-refractivity contribution in [3.05, 3.63) is 35.9 Å². The molecule has 0 saturated heterocycles. The van der Waals surface area contributed by atoms with Crippen molar-refractivity contribution < 1.29 is 0 Å². The molecule has 0 nitrogen and oxygen atoms in total. The first kappa shape index (κ1) is 13.0. The van der Waals surface area contributed by atoms with Crippen LogP contribution in [0.2, 0.25) is 0 Å². The molecule has 0 bridgehead atoms. The Labute approximate surface area is 110 Å². The fourth-order valence-corrected chi connectivity index (χ4v) is 2.59. The standard InChI is InChI=1S/C16H23Cl/c1-16(2,3)15(17)10-9-13-11-14(13)12-7-5-4-6-8-12/h4-8,13-15H,9-11H2,1-3H3. The predicted molar refractivity (Wildman–Crippen MR) is 75.6 cm³/mol. The molecule has 94 valence electrons. The fraction of sp³-hybridized carbons (Fsp3) is 0.625. The number of alkyl halides is 1. The van der Waals surface area contributed by atoms with Gasteiger partial charge >= 0.3 is 0 Å². The fourth-order valence-electron chi connectivity index (χ4n) is 2.47. The minimum Gasteiger partial charge on any atom is -0.122 e. The molecule has 0 radical (unpaired) electrons. The normalized spacial score (nSPS) is 25.6. The third-order valence-corrected chi connectivity index (χ3v) is 4.75. The van der Waals surface area contributed by atoms with E-state index in [4.69, 9.17) is 11.6 Å². The zero-order valence-corrected chi connectivity index (χ0v) is 11.9. The first-order valence-electron chi connectivity index (χ1n) is 6.67. The number of hydrogen-bond donors (Lipinski definition) is 0. The molecule has 1 aliphatic carbocycles. The lowest BCUT2D eigenvalue weighted by Crippen LogP contribution is -2.20. The van der Waals surface area contributed by atoms with Gasteiger partial charge in [0, 0.05) is 5.38 Å². The molecule has 3 atom stereocenters. The summed E-state index contributed by atoms with van der Waals surface area (Å²) in [5, 5.41) is 0.305. The van der Waals surface area contributed by atoms with Gasteiger partial charge in [-0.2, -0.15) is 0 Å². The van der Waals surface area contributed by atoms with Gasteiger partial charge in [-0.3, -0.25) is 0 Å². The Morgan fingerprint density at radius 2 is 1.88 bits per heavy atom. The zero-order valence-electron chi connectivity index (χ0n) is 11.1. The van der Waals surface area contributed by atoms with Gasteiger partial charge in [0.25, 0.3) is 0 Å². The Morgan fingerprint density at radius 3 is 2.47 bits per heavy atom. The number of rotatable bonds is 4. The van der Waals surface area contributed by atoms with Crippen LogP contribution in [0.15, 0.2) is 30.3 Å². The van der Waals surface area contributed by atoms with Crippen LogP contribution in [0.4, 0.5) is 0 Å². The van der Waals surface area contributed by atoms with Crippen LogP contribution in [-0.4, -0.2) is 5.38 Å². The Hall–Kier alpha value is -0.490. The van der Waals surface area contributed by atoms with Crippen molar-refractivity contribution in [2.45, 2.75) is 51.3 Å². The van der Waals surface area contributed by atoms with Crippen molar-refractivity contribution in [3.63, 3.8) is 0 Å². The Balaban J connectivity index is 1.78. The molecule has 1 fully saturated rings. The van der Waals surface area contributed by atoms with Gasteiger partial charge in [0.05, 0.1) is 0 Å². The van der Waals surface area contributed by atoms with Crippen LogP contribution in [-0.2, 0) is 0 Å². The van der Waals surface area contributed by atoms with Crippen LogP contribution in [0.5, 0.6) is 0 Å². The molecule has 1 aliphatic rings. The average molecular weight is 251 g/mol. The maximum absolute atomic E-state index is 6.42. The van der Waals surface area contributed by atoms with E-state index < -0.39 is 0 Å². The second-order valence-electron chi connectivity index (χ2n) is 6.42. The van der Waals surface area contributed by atoms with Gasteiger partial charge in [-0.1, -0.05) is 51.1 Å². The van der Waals surface area contributed by atoms with E-state index in [-0.39, 0.29) is 5.41 Å². The highest BCUT2D eigenvalue weighted by Gasteiger charge is 2.38. The molecule has 0 aromatic heterocycles. The van der Waals surface area contributed by atoms with E-state index in [1.807, 2.05) is 0 Å². The maximum Gasteiger partial charge on any atom is 0.0384 e. The van der Waals surface area contributed by atoms with Crippen LogP contribution >= 0.6 is 11.6 Å². The highest BCUT2D eigenvalue weighted by atomic mass is 35.5. The van der Waals surface area contributed by atoms with Gasteiger partial charge in [-0.05, 0) is 42.1 Å². The van der Waals surface area contributed by atoms with Crippen molar-refractivity contribution in [3.8, 4) is 0 Å². The van der Waals surface area contributed by atoms with Gasteiger partial charge in [-0.15, -0.1) is 11.6 Å². The van der Waals surface area contributed by atoms with Crippen molar-refractivity contribution in [1.29, 1.82) is 0 Å². The van der Waals surface area contributed by atoms with Crippen molar-refractivity contribution in [2.24, 2.45) is 11.3 Å². The van der Waals surface area contributed by atoms with Crippen LogP contribution in [0, 0.1) is 11.3 Å². The molecule has 0 heterocycles. The van der Waals surface area contributed by atoms with E-state index in [1.54, 1.807) is 0 Å². The highest BCUT2D eigenvalue weighted by molar-refractivity contribution is 6.21. The molecule has 0 amide bonds. The summed E-state index contributed by atoms with van der Waals surface area (Å²) >= 11 is 6.42. The summed E-state index contributed by atoms with van der Waals surface area (Å²) in [7, 11) is 0. The van der Waals surface area contributed by atoms with Crippen molar-refractivity contribution >= 4 is 11.6 Å². The first-order valence-corrected chi connectivity index (χ1v) is 7.11. The summed E-state index contributed by atoms with van der Waals surface area (Å²) in [5.41, 5.74) is 1.75. The number of hydrogen-bond acceptors (Lipinski definition) is 0. The van der Waals surface area contributed by atoms with E-state index in [0.29, 0.717) is 5.38 Å². The minimum atomic E-state index is 0.235. The first-order chi connectivity index (χ1) is 7.98. The van der Waals surface area contributed by atoms with E-state index in [2.05, 4.69) is 51.1 Å². The lowest BCUT2D eigenvalue weighted by Gasteiger charge is -2.25. The van der Waals surface area contributed by atoms with Crippen LogP contribution in [0.1, 0.15) is 51.5 Å². The SMILES string of the molecule is CC(C)(C)C(Cl)CCC1CC1c1ccccc1. The molecule has 3 unspecified atom stereocenters. The van der Waals surface area contributed by atoms with Gasteiger partial charge in [0.2, 0.25) is 0 Å². The molecule has 0 N–H and O–H groups in total. The lowest BCUT2D eigenvalue weighted by molar-refractivity contribution is 0.363. The number of benzene rings is 1. The molecule has 17 heavy (non-hydrogen) atoms. The smallest absolute Gasteiger partial charge is 0.0384 e. The molecule has 1 saturated carbocycles. The topological polar surface area (TPSA) is 0 Å². The molecule has 1 aromatic rings. The quantitative estimate of drug-likeness (QED) is 0.643. The molecule has 0 aliphatic heterocycles. The Kier molecular flexibility index (Phi) is 3.82. The zero-order chi connectivity index (χ0) is 12.5. The molecule has 2 rings (SSSR count). The second kappa shape index (κ2) is 5.02. The summed E-state index contributed by atoms with van der Waals surface area (Å²) < 4.78 is 0. The minimum absolute atomic E-state index is 0.235. The van der Waals surface area contributed by atoms with E-state index in [9.17, 15) is 0 Å².